The third-order valence-electron chi connectivity index (χ3n) is 2.83. The lowest BCUT2D eigenvalue weighted by molar-refractivity contribution is 0.0587. The van der Waals surface area contributed by atoms with Crippen LogP contribution >= 0.6 is 15.9 Å². The van der Waals surface area contributed by atoms with Gasteiger partial charge in [-0.15, -0.1) is 0 Å². The van der Waals surface area contributed by atoms with Crippen molar-refractivity contribution in [3.63, 3.8) is 0 Å². The average molecular weight is 309 g/mol. The van der Waals surface area contributed by atoms with Crippen LogP contribution in [0.1, 0.15) is 29.0 Å². The molecule has 0 aliphatic heterocycles. The predicted octanol–water partition coefficient (Wildman–Crippen LogP) is 3.04. The number of carbonyl (C=O) groups is 1. The molecule has 0 aliphatic carbocycles. The first-order chi connectivity index (χ1) is 8.65. The largest absolute Gasteiger partial charge is 0.464 e. The van der Waals surface area contributed by atoms with Crippen LogP contribution in [-0.2, 0) is 4.74 Å². The fraction of sp³-hybridized carbons (Fsp3) is 0.231. The highest BCUT2D eigenvalue weighted by atomic mass is 79.9. The fourth-order valence-corrected chi connectivity index (χ4v) is 2.46. The van der Waals surface area contributed by atoms with Gasteiger partial charge in [-0.05, 0) is 18.6 Å². The van der Waals surface area contributed by atoms with Crippen LogP contribution in [0.25, 0.3) is 0 Å². The molecule has 0 fully saturated rings. The van der Waals surface area contributed by atoms with Gasteiger partial charge in [-0.1, -0.05) is 34.1 Å². The van der Waals surface area contributed by atoms with Gasteiger partial charge in [-0.25, -0.2) is 9.78 Å². The zero-order valence-electron chi connectivity index (χ0n) is 10.1. The van der Waals surface area contributed by atoms with Crippen molar-refractivity contribution < 1.29 is 9.53 Å². The SMILES string of the molecule is COC(=O)c1cncn1C(C)c1ccccc1Br. The molecule has 2 aromatic rings. The van der Waals surface area contributed by atoms with E-state index in [1.54, 1.807) is 10.9 Å². The molecule has 5 heteroatoms. The van der Waals surface area contributed by atoms with Crippen LogP contribution in [0.2, 0.25) is 0 Å². The van der Waals surface area contributed by atoms with Crippen LogP contribution in [0.3, 0.4) is 0 Å². The molecular formula is C13H13BrN2O2. The Labute approximate surface area is 114 Å². The molecule has 0 spiro atoms. The van der Waals surface area contributed by atoms with Gasteiger partial charge in [0.15, 0.2) is 0 Å². The second-order valence-corrected chi connectivity index (χ2v) is 4.73. The van der Waals surface area contributed by atoms with Gasteiger partial charge in [0, 0.05) is 4.47 Å². The van der Waals surface area contributed by atoms with Crippen LogP contribution in [-0.4, -0.2) is 22.6 Å². The predicted molar refractivity (Wildman–Crippen MR) is 71.5 cm³/mol. The number of ether oxygens (including phenoxy) is 1. The van der Waals surface area contributed by atoms with E-state index < -0.39 is 0 Å². The quantitative estimate of drug-likeness (QED) is 0.819. The summed E-state index contributed by atoms with van der Waals surface area (Å²) in [6.07, 6.45) is 3.15. The summed E-state index contributed by atoms with van der Waals surface area (Å²) in [5, 5.41) is 0. The number of rotatable bonds is 3. The minimum absolute atomic E-state index is 0.00262. The second-order valence-electron chi connectivity index (χ2n) is 3.88. The van der Waals surface area contributed by atoms with Crippen molar-refractivity contribution in [1.82, 2.24) is 9.55 Å². The molecule has 1 atom stereocenters. The van der Waals surface area contributed by atoms with Crippen molar-refractivity contribution in [2.24, 2.45) is 0 Å². The van der Waals surface area contributed by atoms with E-state index in [0.29, 0.717) is 5.69 Å². The highest BCUT2D eigenvalue weighted by Gasteiger charge is 2.18. The molecule has 1 aromatic heterocycles. The summed E-state index contributed by atoms with van der Waals surface area (Å²) in [5.74, 6) is -0.383. The maximum Gasteiger partial charge on any atom is 0.356 e. The molecule has 0 aliphatic rings. The third kappa shape index (κ3) is 2.31. The number of nitrogens with zero attached hydrogens (tertiary/aromatic N) is 2. The lowest BCUT2D eigenvalue weighted by atomic mass is 10.1. The second kappa shape index (κ2) is 5.35. The Kier molecular flexibility index (Phi) is 3.81. The molecule has 4 nitrogen and oxygen atoms in total. The third-order valence-corrected chi connectivity index (χ3v) is 3.56. The minimum atomic E-state index is -0.383. The number of aromatic nitrogens is 2. The lowest BCUT2D eigenvalue weighted by Gasteiger charge is -2.17. The average Bonchev–Trinajstić information content (AvgIpc) is 2.86. The molecule has 18 heavy (non-hydrogen) atoms. The van der Waals surface area contributed by atoms with Gasteiger partial charge < -0.3 is 9.30 Å². The topological polar surface area (TPSA) is 44.1 Å². The zero-order valence-corrected chi connectivity index (χ0v) is 11.7. The first-order valence-electron chi connectivity index (χ1n) is 5.49. The molecule has 0 saturated heterocycles. The minimum Gasteiger partial charge on any atom is -0.464 e. The van der Waals surface area contributed by atoms with Gasteiger partial charge in [0.1, 0.15) is 5.69 Å². The first kappa shape index (κ1) is 12.8. The summed E-state index contributed by atoms with van der Waals surface area (Å²) in [5.41, 5.74) is 1.53. The molecule has 2 rings (SSSR count). The highest BCUT2D eigenvalue weighted by Crippen LogP contribution is 2.26. The standard InChI is InChI=1S/C13H13BrN2O2/c1-9(10-5-3-4-6-11(10)14)16-8-15-7-12(16)13(17)18-2/h3-9H,1-2H3. The Bertz CT molecular complexity index is 566. The Balaban J connectivity index is 2.41. The van der Waals surface area contributed by atoms with Gasteiger partial charge in [-0.2, -0.15) is 0 Å². The summed E-state index contributed by atoms with van der Waals surface area (Å²) >= 11 is 3.51. The van der Waals surface area contributed by atoms with E-state index in [1.807, 2.05) is 31.2 Å². The van der Waals surface area contributed by atoms with Crippen LogP contribution in [0.5, 0.6) is 0 Å². The zero-order chi connectivity index (χ0) is 13.1. The summed E-state index contributed by atoms with van der Waals surface area (Å²) in [4.78, 5) is 15.6. The molecule has 0 saturated carbocycles. The van der Waals surface area contributed by atoms with E-state index in [4.69, 9.17) is 4.74 Å². The summed E-state index contributed by atoms with van der Waals surface area (Å²) in [6.45, 7) is 2.01. The van der Waals surface area contributed by atoms with Gasteiger partial charge in [0.2, 0.25) is 0 Å². The van der Waals surface area contributed by atoms with Crippen molar-refractivity contribution in [2.45, 2.75) is 13.0 Å². The number of hydrogen-bond acceptors (Lipinski definition) is 3. The first-order valence-corrected chi connectivity index (χ1v) is 6.29. The Morgan fingerprint density at radius 3 is 2.83 bits per heavy atom. The Morgan fingerprint density at radius 2 is 2.17 bits per heavy atom. The molecule has 0 bridgehead atoms. The Hall–Kier alpha value is -1.62. The number of halogens is 1. The molecule has 1 unspecified atom stereocenters. The van der Waals surface area contributed by atoms with Gasteiger partial charge >= 0.3 is 5.97 Å². The normalized spacial score (nSPS) is 12.2. The van der Waals surface area contributed by atoms with Gasteiger partial charge in [-0.3, -0.25) is 0 Å². The molecule has 0 amide bonds. The van der Waals surface area contributed by atoms with Gasteiger partial charge in [0.05, 0.1) is 25.7 Å². The molecule has 0 N–H and O–H groups in total. The molecule has 0 radical (unpaired) electrons. The van der Waals surface area contributed by atoms with E-state index >= 15 is 0 Å². The van der Waals surface area contributed by atoms with E-state index in [-0.39, 0.29) is 12.0 Å². The Morgan fingerprint density at radius 1 is 1.44 bits per heavy atom. The van der Waals surface area contributed by atoms with Crippen LogP contribution in [0.15, 0.2) is 41.3 Å². The van der Waals surface area contributed by atoms with Crippen LogP contribution in [0, 0.1) is 0 Å². The number of carbonyl (C=O) groups excluding carboxylic acids is 1. The van der Waals surface area contributed by atoms with Crippen molar-refractivity contribution in [1.29, 1.82) is 0 Å². The summed E-state index contributed by atoms with van der Waals surface area (Å²) in [7, 11) is 1.36. The van der Waals surface area contributed by atoms with Crippen molar-refractivity contribution >= 4 is 21.9 Å². The maximum atomic E-state index is 11.6. The lowest BCUT2D eigenvalue weighted by Crippen LogP contribution is -2.14. The molecule has 94 valence electrons. The number of imidazole rings is 1. The molecular weight excluding hydrogens is 296 g/mol. The van der Waals surface area contributed by atoms with E-state index in [1.165, 1.54) is 13.3 Å². The summed E-state index contributed by atoms with van der Waals surface area (Å²) < 4.78 is 7.54. The van der Waals surface area contributed by atoms with Crippen molar-refractivity contribution in [2.75, 3.05) is 7.11 Å². The monoisotopic (exact) mass is 308 g/mol. The van der Waals surface area contributed by atoms with Crippen LogP contribution < -0.4 is 0 Å². The number of methoxy groups -OCH3 is 1. The van der Waals surface area contributed by atoms with E-state index in [0.717, 1.165) is 10.0 Å². The van der Waals surface area contributed by atoms with Crippen molar-refractivity contribution in [3.8, 4) is 0 Å². The van der Waals surface area contributed by atoms with Gasteiger partial charge in [0.25, 0.3) is 0 Å². The number of benzene rings is 1. The molecule has 1 heterocycles. The van der Waals surface area contributed by atoms with E-state index in [2.05, 4.69) is 20.9 Å². The highest BCUT2D eigenvalue weighted by molar-refractivity contribution is 9.10. The summed E-state index contributed by atoms with van der Waals surface area (Å²) in [6, 6.07) is 7.90. The molecule has 1 aromatic carbocycles. The number of hydrogen-bond donors (Lipinski definition) is 0. The van der Waals surface area contributed by atoms with Crippen LogP contribution in [0.4, 0.5) is 0 Å². The van der Waals surface area contributed by atoms with Crippen molar-refractivity contribution in [3.05, 3.63) is 52.5 Å². The smallest absolute Gasteiger partial charge is 0.356 e. The fourth-order valence-electron chi connectivity index (χ4n) is 1.84. The maximum absolute atomic E-state index is 11.6. The van der Waals surface area contributed by atoms with E-state index in [9.17, 15) is 4.79 Å². The number of esters is 1.